The molecule has 2 atom stereocenters. The average Bonchev–Trinajstić information content (AvgIpc) is 3.42. The summed E-state index contributed by atoms with van der Waals surface area (Å²) in [6.07, 6.45) is 1.11. The van der Waals surface area contributed by atoms with Gasteiger partial charge in [0.25, 0.3) is 0 Å². The fourth-order valence-electron chi connectivity index (χ4n) is 4.57. The molecule has 0 radical (unpaired) electrons. The molecule has 0 saturated carbocycles. The first-order valence-corrected chi connectivity index (χ1v) is 11.9. The number of pyridine rings is 2. The van der Waals surface area contributed by atoms with Crippen LogP contribution in [0.3, 0.4) is 0 Å². The van der Waals surface area contributed by atoms with E-state index >= 15 is 0 Å². The summed E-state index contributed by atoms with van der Waals surface area (Å²) in [6.45, 7) is 4.33. The van der Waals surface area contributed by atoms with Crippen LogP contribution in [0.1, 0.15) is 54.1 Å². The molecule has 174 valence electrons. The summed E-state index contributed by atoms with van der Waals surface area (Å²) in [5, 5.41) is 11.4. The molecular weight excluding hydrogens is 430 g/mol. The minimum absolute atomic E-state index is 0.271. The maximum atomic E-state index is 11.4. The van der Waals surface area contributed by atoms with E-state index < -0.39 is 6.10 Å². The van der Waals surface area contributed by atoms with Gasteiger partial charge in [-0.15, -0.1) is 0 Å². The molecule has 4 heteroatoms. The van der Waals surface area contributed by atoms with Gasteiger partial charge in [0.2, 0.25) is 0 Å². The Balaban J connectivity index is 1.52. The van der Waals surface area contributed by atoms with Crippen molar-refractivity contribution >= 4 is 0 Å². The number of nitrogens with zero attached hydrogens (tertiary/aromatic N) is 2. The van der Waals surface area contributed by atoms with Crippen molar-refractivity contribution < 1.29 is 5.11 Å². The van der Waals surface area contributed by atoms with Crippen LogP contribution in [0.2, 0.25) is 0 Å². The summed E-state index contributed by atoms with van der Waals surface area (Å²) in [7, 11) is 0. The van der Waals surface area contributed by atoms with Gasteiger partial charge in [0.05, 0.1) is 34.8 Å². The van der Waals surface area contributed by atoms with Gasteiger partial charge >= 0.3 is 0 Å². The maximum absolute atomic E-state index is 11.4. The molecule has 5 rings (SSSR count). The van der Waals surface area contributed by atoms with Crippen molar-refractivity contribution in [2.75, 3.05) is 0 Å². The Bertz CT molecular complexity index is 1380. The minimum Gasteiger partial charge on any atom is -0.387 e. The Hall–Kier alpha value is -4.02. The Kier molecular flexibility index (Phi) is 6.30. The molecule has 0 saturated heterocycles. The lowest BCUT2D eigenvalue weighted by Gasteiger charge is -2.24. The number of aromatic nitrogens is 3. The molecule has 2 unspecified atom stereocenters. The number of nitrogens with one attached hydrogen (secondary N) is 1. The maximum Gasteiger partial charge on any atom is 0.0914 e. The Morgan fingerprint density at radius 3 is 2.09 bits per heavy atom. The van der Waals surface area contributed by atoms with E-state index in [2.05, 4.69) is 42.0 Å². The minimum atomic E-state index is -0.719. The molecule has 0 aliphatic rings. The number of rotatable bonds is 7. The van der Waals surface area contributed by atoms with Gasteiger partial charge in [-0.1, -0.05) is 72.8 Å². The van der Waals surface area contributed by atoms with Crippen molar-refractivity contribution in [1.29, 1.82) is 0 Å². The largest absolute Gasteiger partial charge is 0.387 e. The normalized spacial score (nSPS) is 13.3. The molecule has 35 heavy (non-hydrogen) atoms. The second kappa shape index (κ2) is 9.69. The molecule has 0 bridgehead atoms. The van der Waals surface area contributed by atoms with E-state index in [1.54, 1.807) is 0 Å². The summed E-state index contributed by atoms with van der Waals surface area (Å²) in [6, 6.07) is 36.0. The topological polar surface area (TPSA) is 61.8 Å². The van der Waals surface area contributed by atoms with E-state index in [0.717, 1.165) is 39.6 Å². The van der Waals surface area contributed by atoms with Crippen molar-refractivity contribution in [3.63, 3.8) is 0 Å². The standard InChI is InChI=1S/C31H29N3O/c1-31(2,27-18-9-10-21-32-27)28-20-19-25(34-28)24-16-11-17-26(33-24)29(22-12-5-3-6-13-22)30(35)23-14-7-4-8-15-23/h3-21,29-30,34-35H,1-2H3. The number of hydrogen-bond donors (Lipinski definition) is 2. The van der Waals surface area contributed by atoms with Crippen LogP contribution >= 0.6 is 0 Å². The van der Waals surface area contributed by atoms with Crippen LogP contribution < -0.4 is 0 Å². The number of aliphatic hydroxyl groups is 1. The number of benzene rings is 2. The summed E-state index contributed by atoms with van der Waals surface area (Å²) in [4.78, 5) is 13.2. The quantitative estimate of drug-likeness (QED) is 0.286. The van der Waals surface area contributed by atoms with E-state index in [0.29, 0.717) is 0 Å². The van der Waals surface area contributed by atoms with Gasteiger partial charge in [-0.2, -0.15) is 0 Å². The zero-order chi connectivity index (χ0) is 24.3. The second-order valence-electron chi connectivity index (χ2n) is 9.32. The zero-order valence-electron chi connectivity index (χ0n) is 20.0. The molecule has 0 aliphatic carbocycles. The molecule has 0 spiro atoms. The monoisotopic (exact) mass is 459 g/mol. The molecule has 4 nitrogen and oxygen atoms in total. The molecule has 0 fully saturated rings. The average molecular weight is 460 g/mol. The van der Waals surface area contributed by atoms with Crippen molar-refractivity contribution in [3.8, 4) is 11.4 Å². The van der Waals surface area contributed by atoms with Gasteiger partial charge in [0.1, 0.15) is 0 Å². The predicted molar refractivity (Wildman–Crippen MR) is 140 cm³/mol. The zero-order valence-corrected chi connectivity index (χ0v) is 20.0. The van der Waals surface area contributed by atoms with Gasteiger partial charge in [-0.05, 0) is 61.4 Å². The fourth-order valence-corrected chi connectivity index (χ4v) is 4.57. The highest BCUT2D eigenvalue weighted by Crippen LogP contribution is 2.37. The SMILES string of the molecule is CC(C)(c1ccccn1)c1ccc(-c2cccc(C(c3ccccc3)C(O)c3ccccc3)n2)[nH]1. The third kappa shape index (κ3) is 4.66. The molecule has 5 aromatic rings. The van der Waals surface area contributed by atoms with Crippen LogP contribution in [0.4, 0.5) is 0 Å². The van der Waals surface area contributed by atoms with Crippen molar-refractivity contribution in [3.05, 3.63) is 144 Å². The van der Waals surface area contributed by atoms with Crippen molar-refractivity contribution in [2.45, 2.75) is 31.3 Å². The van der Waals surface area contributed by atoms with E-state index in [1.165, 1.54) is 0 Å². The van der Waals surface area contributed by atoms with Gasteiger partial charge in [-0.3, -0.25) is 9.97 Å². The number of aromatic amines is 1. The second-order valence-corrected chi connectivity index (χ2v) is 9.32. The van der Waals surface area contributed by atoms with Gasteiger partial charge < -0.3 is 10.1 Å². The first-order chi connectivity index (χ1) is 17.0. The lowest BCUT2D eigenvalue weighted by molar-refractivity contribution is 0.157. The van der Waals surface area contributed by atoms with Crippen molar-refractivity contribution in [2.24, 2.45) is 0 Å². The van der Waals surface area contributed by atoms with Gasteiger partial charge in [0.15, 0.2) is 0 Å². The molecule has 2 N–H and O–H groups in total. The van der Waals surface area contributed by atoms with Crippen LogP contribution in [-0.2, 0) is 5.41 Å². The third-order valence-electron chi connectivity index (χ3n) is 6.65. The highest BCUT2D eigenvalue weighted by atomic mass is 16.3. The van der Waals surface area contributed by atoms with Crippen LogP contribution in [0.25, 0.3) is 11.4 Å². The van der Waals surface area contributed by atoms with Gasteiger partial charge in [0, 0.05) is 17.3 Å². The first-order valence-electron chi connectivity index (χ1n) is 11.9. The van der Waals surface area contributed by atoms with Crippen molar-refractivity contribution in [1.82, 2.24) is 15.0 Å². The number of H-pyrrole nitrogens is 1. The summed E-state index contributed by atoms with van der Waals surface area (Å²) in [5.74, 6) is -0.294. The smallest absolute Gasteiger partial charge is 0.0914 e. The Morgan fingerprint density at radius 2 is 1.40 bits per heavy atom. The Morgan fingerprint density at radius 1 is 0.714 bits per heavy atom. The van der Waals surface area contributed by atoms with Crippen LogP contribution in [0.5, 0.6) is 0 Å². The van der Waals surface area contributed by atoms with E-state index in [1.807, 2.05) is 97.2 Å². The predicted octanol–water partition coefficient (Wildman–Crippen LogP) is 6.66. The highest BCUT2D eigenvalue weighted by Gasteiger charge is 2.28. The fraction of sp³-hybridized carbons (Fsp3) is 0.161. The summed E-state index contributed by atoms with van der Waals surface area (Å²) >= 11 is 0. The third-order valence-corrected chi connectivity index (χ3v) is 6.65. The molecule has 3 heterocycles. The van der Waals surface area contributed by atoms with E-state index in [-0.39, 0.29) is 11.3 Å². The molecular formula is C31H29N3O. The molecule has 2 aromatic carbocycles. The number of aliphatic hydroxyl groups excluding tert-OH is 1. The number of hydrogen-bond acceptors (Lipinski definition) is 3. The lowest BCUT2D eigenvalue weighted by Crippen LogP contribution is -2.20. The van der Waals surface area contributed by atoms with Gasteiger partial charge in [-0.25, -0.2) is 0 Å². The molecule has 3 aromatic heterocycles. The Labute approximate surface area is 206 Å². The summed E-state index contributed by atoms with van der Waals surface area (Å²) < 4.78 is 0. The lowest BCUT2D eigenvalue weighted by atomic mass is 9.85. The van der Waals surface area contributed by atoms with Crippen LogP contribution in [-0.4, -0.2) is 20.1 Å². The highest BCUT2D eigenvalue weighted by molar-refractivity contribution is 5.57. The first kappa shape index (κ1) is 22.8. The van der Waals surface area contributed by atoms with E-state index in [4.69, 9.17) is 4.98 Å². The molecule has 0 amide bonds. The summed E-state index contributed by atoms with van der Waals surface area (Å²) in [5.41, 5.74) is 6.30. The van der Waals surface area contributed by atoms with Crippen LogP contribution in [0.15, 0.2) is 115 Å². The van der Waals surface area contributed by atoms with E-state index in [9.17, 15) is 5.11 Å². The van der Waals surface area contributed by atoms with Crippen LogP contribution in [0, 0.1) is 0 Å². The molecule has 0 aliphatic heterocycles.